The number of hydrogen-bond donors (Lipinski definition) is 3. The van der Waals surface area contributed by atoms with Crippen molar-refractivity contribution >= 4 is 28.9 Å². The number of carbonyl (C=O) groups excluding carboxylic acids is 2. The van der Waals surface area contributed by atoms with Gasteiger partial charge in [-0.1, -0.05) is 12.1 Å². The van der Waals surface area contributed by atoms with Crippen LogP contribution in [-0.2, 0) is 9.59 Å². The minimum Gasteiger partial charge on any atom is -0.477 e. The first-order valence-electron chi connectivity index (χ1n) is 7.59. The molecule has 2 aromatic rings. The van der Waals surface area contributed by atoms with Crippen LogP contribution in [-0.4, -0.2) is 63.3 Å². The molecule has 3 amide bonds. The van der Waals surface area contributed by atoms with E-state index in [9.17, 15) is 14.4 Å². The third-order valence-corrected chi connectivity index (χ3v) is 4.11. The molecule has 0 radical (unpaired) electrons. The number of amides is 3. The molecule has 3 rings (SSSR count). The van der Waals surface area contributed by atoms with E-state index in [2.05, 4.69) is 15.7 Å². The molecule has 1 saturated heterocycles. The van der Waals surface area contributed by atoms with Gasteiger partial charge in [0, 0.05) is 13.0 Å². The Bertz CT molecular complexity index is 784. The fraction of sp³-hybridized carbons (Fsp3) is 0.333. The van der Waals surface area contributed by atoms with Crippen LogP contribution in [0.2, 0.25) is 0 Å². The van der Waals surface area contributed by atoms with Crippen molar-refractivity contribution in [2.24, 2.45) is 0 Å². The first-order chi connectivity index (χ1) is 11.5. The van der Waals surface area contributed by atoms with Gasteiger partial charge in [-0.3, -0.25) is 5.32 Å². The van der Waals surface area contributed by atoms with Crippen LogP contribution in [0.3, 0.4) is 0 Å². The minimum atomic E-state index is -1.17. The molecule has 1 aliphatic heterocycles. The maximum absolute atomic E-state index is 12.0. The van der Waals surface area contributed by atoms with Crippen LogP contribution in [0.4, 0.5) is 4.79 Å². The van der Waals surface area contributed by atoms with Gasteiger partial charge in [0.1, 0.15) is 12.9 Å². The molecule has 126 valence electrons. The van der Waals surface area contributed by atoms with Gasteiger partial charge in [0.2, 0.25) is 0 Å². The molecule has 2 heterocycles. The van der Waals surface area contributed by atoms with Crippen molar-refractivity contribution in [3.63, 3.8) is 0 Å². The number of benzene rings is 1. The second-order valence-corrected chi connectivity index (χ2v) is 5.66. The van der Waals surface area contributed by atoms with Gasteiger partial charge in [0.25, 0.3) is 0 Å². The Hall–Kier alpha value is -2.94. The maximum Gasteiger partial charge on any atom is 0.425 e. The summed E-state index contributed by atoms with van der Waals surface area (Å²) in [6.45, 7) is -0.0402. The number of imidazole rings is 1. The summed E-state index contributed by atoms with van der Waals surface area (Å²) in [4.78, 5) is 39.3. The normalized spacial score (nSPS) is 20.3. The lowest BCUT2D eigenvalue weighted by Crippen LogP contribution is -2.57. The standard InChI is InChI=1S/C15H17N5O4/c21-13-8-16-15(24)20(13,9-14(22)23)7-3-6-18-19-10-17-11-4-1-2-5-12(11)19/h1-2,4-5,10,18H,3,6-9H2,(H-,16,22,23,24)/p+1. The highest BCUT2D eigenvalue weighted by atomic mass is 16.4. The van der Waals surface area contributed by atoms with E-state index >= 15 is 0 Å². The number of carboxylic acid groups (broad SMARTS) is 1. The smallest absolute Gasteiger partial charge is 0.425 e. The molecule has 1 unspecified atom stereocenters. The van der Waals surface area contributed by atoms with Gasteiger partial charge in [-0.2, -0.15) is 4.48 Å². The third-order valence-electron chi connectivity index (χ3n) is 4.11. The Morgan fingerprint density at radius 2 is 2.17 bits per heavy atom. The van der Waals surface area contributed by atoms with Crippen molar-refractivity contribution in [3.8, 4) is 0 Å². The molecular formula is C15H18N5O4+. The van der Waals surface area contributed by atoms with Crippen LogP contribution in [0.1, 0.15) is 6.42 Å². The highest BCUT2D eigenvalue weighted by Crippen LogP contribution is 2.15. The molecule has 1 aromatic heterocycles. The number of hydrogen-bond acceptors (Lipinski definition) is 5. The van der Waals surface area contributed by atoms with Gasteiger partial charge >= 0.3 is 17.9 Å². The molecule has 9 heteroatoms. The van der Waals surface area contributed by atoms with E-state index in [1.165, 1.54) is 0 Å². The van der Waals surface area contributed by atoms with Crippen molar-refractivity contribution in [2.75, 3.05) is 31.6 Å². The number of rotatable bonds is 7. The van der Waals surface area contributed by atoms with Gasteiger partial charge in [-0.15, -0.1) is 0 Å². The van der Waals surface area contributed by atoms with Crippen LogP contribution >= 0.6 is 0 Å². The van der Waals surface area contributed by atoms with Crippen LogP contribution in [0.25, 0.3) is 11.0 Å². The van der Waals surface area contributed by atoms with E-state index in [-0.39, 0.29) is 13.1 Å². The second kappa shape index (κ2) is 6.28. The number of nitrogens with zero attached hydrogens (tertiary/aromatic N) is 3. The third kappa shape index (κ3) is 2.81. The zero-order valence-electron chi connectivity index (χ0n) is 12.9. The molecule has 0 bridgehead atoms. The van der Waals surface area contributed by atoms with Crippen LogP contribution in [0.5, 0.6) is 0 Å². The van der Waals surface area contributed by atoms with E-state index < -0.39 is 28.9 Å². The van der Waals surface area contributed by atoms with E-state index in [0.29, 0.717) is 13.0 Å². The minimum absolute atomic E-state index is 0.119. The molecule has 1 aromatic carbocycles. The summed E-state index contributed by atoms with van der Waals surface area (Å²) in [6.07, 6.45) is 2.11. The number of nitrogens with one attached hydrogen (secondary N) is 2. The van der Waals surface area contributed by atoms with Crippen LogP contribution in [0, 0.1) is 0 Å². The predicted octanol–water partition coefficient (Wildman–Crippen LogP) is 0.121. The molecule has 3 N–H and O–H groups in total. The van der Waals surface area contributed by atoms with Crippen molar-refractivity contribution in [1.82, 2.24) is 15.0 Å². The summed E-state index contributed by atoms with van der Waals surface area (Å²) in [5, 5.41) is 11.5. The molecule has 0 spiro atoms. The Balaban J connectivity index is 1.63. The van der Waals surface area contributed by atoms with E-state index in [4.69, 9.17) is 5.11 Å². The quantitative estimate of drug-likeness (QED) is 0.377. The second-order valence-electron chi connectivity index (χ2n) is 5.66. The van der Waals surface area contributed by atoms with Gasteiger partial charge in [-0.25, -0.2) is 24.0 Å². The zero-order chi connectivity index (χ0) is 17.2. The average Bonchev–Trinajstić information content (AvgIpc) is 3.08. The van der Waals surface area contributed by atoms with Crippen molar-refractivity contribution in [2.45, 2.75) is 6.42 Å². The lowest BCUT2D eigenvalue weighted by Gasteiger charge is -2.25. The molecule has 1 fully saturated rings. The monoisotopic (exact) mass is 332 g/mol. The number of urea groups is 1. The summed E-state index contributed by atoms with van der Waals surface area (Å²) >= 11 is 0. The number of aliphatic carboxylic acids is 1. The van der Waals surface area contributed by atoms with Gasteiger partial charge in [0.05, 0.1) is 17.6 Å². The Labute approximate surface area is 137 Å². The summed E-state index contributed by atoms with van der Waals surface area (Å²) in [5.41, 5.74) is 4.92. The van der Waals surface area contributed by atoms with Crippen LogP contribution in [0.15, 0.2) is 30.6 Å². The summed E-state index contributed by atoms with van der Waals surface area (Å²) in [5.74, 6) is -1.58. The molecule has 1 atom stereocenters. The molecular weight excluding hydrogens is 314 g/mol. The molecule has 1 aliphatic rings. The van der Waals surface area contributed by atoms with Gasteiger partial charge < -0.3 is 10.5 Å². The average molecular weight is 332 g/mol. The van der Waals surface area contributed by atoms with E-state index in [1.807, 2.05) is 24.3 Å². The fourth-order valence-electron chi connectivity index (χ4n) is 2.90. The van der Waals surface area contributed by atoms with E-state index in [0.717, 1.165) is 11.0 Å². The topological polar surface area (TPSA) is 113 Å². The molecule has 0 saturated carbocycles. The molecule has 9 nitrogen and oxygen atoms in total. The first-order valence-corrected chi connectivity index (χ1v) is 7.59. The summed E-state index contributed by atoms with van der Waals surface area (Å²) in [7, 11) is 0. The summed E-state index contributed by atoms with van der Waals surface area (Å²) < 4.78 is 1.09. The highest BCUT2D eigenvalue weighted by molar-refractivity contribution is 5.93. The molecule has 24 heavy (non-hydrogen) atoms. The zero-order valence-corrected chi connectivity index (χ0v) is 12.9. The van der Waals surface area contributed by atoms with Crippen LogP contribution < -0.4 is 10.7 Å². The van der Waals surface area contributed by atoms with Crippen molar-refractivity contribution in [1.29, 1.82) is 0 Å². The first kappa shape index (κ1) is 15.9. The number of carbonyl (C=O) groups is 3. The fourth-order valence-corrected chi connectivity index (χ4v) is 2.90. The number of quaternary nitrogens is 1. The van der Waals surface area contributed by atoms with Crippen molar-refractivity contribution < 1.29 is 24.0 Å². The summed E-state index contributed by atoms with van der Waals surface area (Å²) in [6, 6.07) is 7.08. The maximum atomic E-state index is 12.0. The number of carboxylic acids is 1. The lowest BCUT2D eigenvalue weighted by molar-refractivity contribution is -0.759. The SMILES string of the molecule is O=C(O)C[N+]1(CCCNn2cnc3ccccc32)C(=O)CNC1=O. The van der Waals surface area contributed by atoms with Crippen molar-refractivity contribution in [3.05, 3.63) is 30.6 Å². The highest BCUT2D eigenvalue weighted by Gasteiger charge is 2.51. The Kier molecular flexibility index (Phi) is 4.17. The lowest BCUT2D eigenvalue weighted by atomic mass is 10.3. The largest absolute Gasteiger partial charge is 0.477 e. The van der Waals surface area contributed by atoms with E-state index in [1.54, 1.807) is 11.0 Å². The number of imide groups is 1. The number of para-hydroxylation sites is 2. The van der Waals surface area contributed by atoms with Gasteiger partial charge in [-0.05, 0) is 12.1 Å². The van der Waals surface area contributed by atoms with Gasteiger partial charge in [0.15, 0.2) is 6.54 Å². The number of fused-ring (bicyclic) bond motifs is 1. The molecule has 0 aliphatic carbocycles. The Morgan fingerprint density at radius 3 is 2.88 bits per heavy atom. The Morgan fingerprint density at radius 1 is 1.38 bits per heavy atom. The number of aromatic nitrogens is 2. The predicted molar refractivity (Wildman–Crippen MR) is 84.6 cm³/mol.